The number of carboxylic acid groups (broad SMARTS) is 1. The highest BCUT2D eigenvalue weighted by molar-refractivity contribution is 6.12. The van der Waals surface area contributed by atoms with Crippen molar-refractivity contribution >= 4 is 34.9 Å². The van der Waals surface area contributed by atoms with Gasteiger partial charge in [0, 0.05) is 30.4 Å². The van der Waals surface area contributed by atoms with Gasteiger partial charge in [0.2, 0.25) is 0 Å². The second kappa shape index (κ2) is 16.6. The van der Waals surface area contributed by atoms with Gasteiger partial charge < -0.3 is 34.7 Å². The van der Waals surface area contributed by atoms with E-state index in [1.165, 1.54) is 16.1 Å². The molecule has 46 heavy (non-hydrogen) atoms. The Kier molecular flexibility index (Phi) is 12.4. The molecule has 6 rings (SSSR count). The summed E-state index contributed by atoms with van der Waals surface area (Å²) in [5, 5.41) is 25.3. The highest BCUT2D eigenvalue weighted by Gasteiger charge is 2.27. The van der Waals surface area contributed by atoms with Crippen molar-refractivity contribution in [2.45, 2.75) is 39.0 Å². The summed E-state index contributed by atoms with van der Waals surface area (Å²) in [7, 11) is 0. The molecule has 2 aliphatic rings. The van der Waals surface area contributed by atoms with E-state index in [1.807, 2.05) is 48.5 Å². The number of halogens is 1. The van der Waals surface area contributed by atoms with E-state index in [1.54, 1.807) is 24.3 Å². The van der Waals surface area contributed by atoms with Crippen LogP contribution >= 0.6 is 11.8 Å². The molecule has 4 N–H and O–H groups in total. The number of benzene rings is 4. The molecule has 2 heterocycles. The van der Waals surface area contributed by atoms with E-state index >= 15 is 0 Å². The van der Waals surface area contributed by atoms with Gasteiger partial charge in [-0.15, -0.1) is 5.00 Å². The van der Waals surface area contributed by atoms with Crippen molar-refractivity contribution in [3.05, 3.63) is 119 Å². The number of Topliss-reactive ketones (excluding diaryl/α,β-unsaturated/α-hetero) is 1. The maximum atomic E-state index is 11.7. The Bertz CT molecular complexity index is 1590. The number of aliphatic hydroxyl groups is 1. The molecule has 4 aromatic rings. The molecule has 4 aromatic carbocycles. The van der Waals surface area contributed by atoms with Crippen molar-refractivity contribution in [2.75, 3.05) is 29.6 Å². The molecular formula is C35H38ClN3O7. The van der Waals surface area contributed by atoms with Crippen LogP contribution in [0.25, 0.3) is 0 Å². The molecule has 0 amide bonds. The minimum Gasteiger partial charge on any atom is -0.489 e. The molecule has 0 aliphatic carbocycles. The van der Waals surface area contributed by atoms with Crippen LogP contribution in [0.5, 0.6) is 11.5 Å². The zero-order valence-electron chi connectivity index (χ0n) is 25.7. The van der Waals surface area contributed by atoms with Gasteiger partial charge in [-0.1, -0.05) is 60.7 Å². The van der Waals surface area contributed by atoms with E-state index in [0.717, 1.165) is 36.0 Å². The molecule has 0 saturated heterocycles. The van der Waals surface area contributed by atoms with Crippen molar-refractivity contribution in [1.29, 1.82) is 0 Å². The third-order valence-corrected chi connectivity index (χ3v) is 7.66. The number of anilines is 2. The van der Waals surface area contributed by atoms with Gasteiger partial charge in [-0.3, -0.25) is 4.79 Å². The lowest BCUT2D eigenvalue weighted by atomic mass is 10.1. The summed E-state index contributed by atoms with van der Waals surface area (Å²) >= 11 is 4.30. The number of aliphatic hydroxyl groups excluding tert-OH is 1. The zero-order valence-corrected chi connectivity index (χ0v) is 26.4. The number of nitrogens with zero attached hydrogens (tertiary/aromatic N) is 2. The van der Waals surface area contributed by atoms with Gasteiger partial charge in [0.05, 0.1) is 29.0 Å². The van der Waals surface area contributed by atoms with Crippen LogP contribution < -0.4 is 24.3 Å². The molecule has 0 radical (unpaired) electrons. The number of rotatable bonds is 7. The Hall–Kier alpha value is -4.61. The minimum absolute atomic E-state index is 0.196. The largest absolute Gasteiger partial charge is 0.489 e. The summed E-state index contributed by atoms with van der Waals surface area (Å²) in [4.78, 5) is 28.6. The van der Waals surface area contributed by atoms with Crippen LogP contribution in [-0.2, 0) is 13.1 Å². The van der Waals surface area contributed by atoms with E-state index in [4.69, 9.17) is 24.9 Å². The third-order valence-electron chi connectivity index (χ3n) is 7.66. The Morgan fingerprint density at radius 1 is 0.761 bits per heavy atom. The summed E-state index contributed by atoms with van der Waals surface area (Å²) in [6, 6.07) is 31.1. The van der Waals surface area contributed by atoms with Crippen molar-refractivity contribution in [2.24, 2.45) is 0 Å². The smallest absolute Gasteiger partial charge is 0.335 e. The monoisotopic (exact) mass is 647 g/mol. The number of aromatic carboxylic acids is 1. The molecular weight excluding hydrogens is 610 g/mol. The van der Waals surface area contributed by atoms with Crippen molar-refractivity contribution in [1.82, 2.24) is 5.00 Å². The lowest BCUT2D eigenvalue weighted by Crippen LogP contribution is -2.40. The van der Waals surface area contributed by atoms with Crippen LogP contribution in [0.2, 0.25) is 0 Å². The van der Waals surface area contributed by atoms with Gasteiger partial charge in [0.25, 0.3) is 0 Å². The van der Waals surface area contributed by atoms with Crippen molar-refractivity contribution in [3.63, 3.8) is 0 Å². The van der Waals surface area contributed by atoms with Crippen LogP contribution in [0, 0.1) is 0 Å². The predicted octanol–water partition coefficient (Wildman–Crippen LogP) is 5.94. The number of fused-ring (bicyclic) bond motifs is 2. The van der Waals surface area contributed by atoms with Gasteiger partial charge in [0.15, 0.2) is 5.78 Å². The fourth-order valence-corrected chi connectivity index (χ4v) is 5.24. The fraction of sp³-hybridized carbons (Fsp3) is 0.257. The molecule has 0 saturated carbocycles. The SMILES string of the molecule is CC1COc2ccc(C(=O)CO)cc2N1Cc1ccccc1.CC1COc2ccc(C(=O)O)cc2N1Cc1ccccc1.ONCl. The maximum Gasteiger partial charge on any atom is 0.335 e. The molecule has 0 bridgehead atoms. The molecule has 2 atom stereocenters. The van der Waals surface area contributed by atoms with Gasteiger partial charge in [0.1, 0.15) is 31.3 Å². The quantitative estimate of drug-likeness (QED) is 0.109. The average molecular weight is 648 g/mol. The predicted molar refractivity (Wildman–Crippen MR) is 177 cm³/mol. The number of ketones is 1. The number of nitrogens with one attached hydrogen (secondary N) is 1. The van der Waals surface area contributed by atoms with Crippen molar-refractivity contribution in [3.8, 4) is 11.5 Å². The van der Waals surface area contributed by atoms with Gasteiger partial charge >= 0.3 is 5.97 Å². The Morgan fingerprint density at radius 3 is 1.59 bits per heavy atom. The lowest BCUT2D eigenvalue weighted by Gasteiger charge is -2.37. The molecule has 242 valence electrons. The van der Waals surface area contributed by atoms with Crippen LogP contribution in [-0.4, -0.2) is 59.1 Å². The number of hydrogen-bond donors (Lipinski definition) is 4. The number of carbonyl (C=O) groups is 2. The Balaban J connectivity index is 0.000000193. The van der Waals surface area contributed by atoms with E-state index in [-0.39, 0.29) is 23.4 Å². The van der Waals surface area contributed by atoms with Gasteiger partial charge in [-0.2, -0.15) is 0 Å². The van der Waals surface area contributed by atoms with E-state index < -0.39 is 12.6 Å². The molecule has 10 nitrogen and oxygen atoms in total. The van der Waals surface area contributed by atoms with Crippen LogP contribution in [0.4, 0.5) is 11.4 Å². The molecule has 0 aromatic heterocycles. The van der Waals surface area contributed by atoms with Crippen molar-refractivity contribution < 1.29 is 34.5 Å². The van der Waals surface area contributed by atoms with Gasteiger partial charge in [-0.25, -0.2) is 4.79 Å². The summed E-state index contributed by atoms with van der Waals surface area (Å²) < 4.78 is 11.5. The lowest BCUT2D eigenvalue weighted by molar-refractivity contribution is 0.0696. The zero-order chi connectivity index (χ0) is 33.1. The first-order valence-corrected chi connectivity index (χ1v) is 15.1. The number of hydrogen-bond acceptors (Lipinski definition) is 9. The van der Waals surface area contributed by atoms with E-state index in [0.29, 0.717) is 18.8 Å². The second-order valence-corrected chi connectivity index (χ2v) is 11.1. The first-order chi connectivity index (χ1) is 22.2. The van der Waals surface area contributed by atoms with Gasteiger partial charge in [-0.05, 0) is 61.4 Å². The molecule has 0 spiro atoms. The van der Waals surface area contributed by atoms with Crippen LogP contribution in [0.1, 0.15) is 45.7 Å². The standard InChI is InChI=1S/C18H19NO3.C17H17NO3.ClH2NO/c1-13-12-22-18-8-7-15(17(21)11-20)9-16(18)19(13)10-14-5-3-2-4-6-14;1-12-11-21-16-8-7-14(17(19)20)9-15(16)18(12)10-13-5-3-2-4-6-13;1-2-3/h2-9,13,20H,10-12H2,1H3;2-9,12H,10-11H2,1H3,(H,19,20);2-3H. The maximum absolute atomic E-state index is 11.7. The number of carbonyl (C=O) groups excluding carboxylic acids is 1. The summed E-state index contributed by atoms with van der Waals surface area (Å²) in [6.45, 7) is 6.43. The van der Waals surface area contributed by atoms with E-state index in [2.05, 4.69) is 59.7 Å². The molecule has 2 unspecified atom stereocenters. The highest BCUT2D eigenvalue weighted by atomic mass is 35.5. The first kappa shape index (κ1) is 34.3. The van der Waals surface area contributed by atoms with E-state index in [9.17, 15) is 9.59 Å². The Labute approximate surface area is 273 Å². The minimum atomic E-state index is -0.921. The number of carboxylic acids is 1. The summed E-state index contributed by atoms with van der Waals surface area (Å²) in [5.74, 6) is 0.328. The van der Waals surface area contributed by atoms with Crippen LogP contribution in [0.3, 0.4) is 0 Å². The molecule has 11 heteroatoms. The summed E-state index contributed by atoms with van der Waals surface area (Å²) in [6.07, 6.45) is 0. The molecule has 2 aliphatic heterocycles. The normalized spacial score (nSPS) is 16.2. The summed E-state index contributed by atoms with van der Waals surface area (Å²) in [5.41, 5.74) is 4.94. The molecule has 0 fully saturated rings. The highest BCUT2D eigenvalue weighted by Crippen LogP contribution is 2.37. The second-order valence-electron chi connectivity index (χ2n) is 10.9. The third kappa shape index (κ3) is 8.76. The first-order valence-electron chi connectivity index (χ1n) is 14.8. The average Bonchev–Trinajstić information content (AvgIpc) is 3.08. The fourth-order valence-electron chi connectivity index (χ4n) is 5.24. The topological polar surface area (TPSA) is 132 Å². The van der Waals surface area contributed by atoms with Crippen LogP contribution in [0.15, 0.2) is 97.1 Å². The Morgan fingerprint density at radius 2 is 1.17 bits per heavy atom. The number of ether oxygens (including phenoxy) is 2.